The Morgan fingerprint density at radius 1 is 1.25 bits per heavy atom. The first-order valence-corrected chi connectivity index (χ1v) is 9.76. The fraction of sp³-hybridized carbons (Fsp3) is 0.474. The predicted octanol–water partition coefficient (Wildman–Crippen LogP) is 1.59. The van der Waals surface area contributed by atoms with Gasteiger partial charge in [-0.15, -0.1) is 0 Å². The number of ketones is 1. The van der Waals surface area contributed by atoms with E-state index in [0.717, 1.165) is 5.56 Å². The number of amides is 3. The molecule has 1 saturated heterocycles. The van der Waals surface area contributed by atoms with Gasteiger partial charge in [-0.3, -0.25) is 19.2 Å². The van der Waals surface area contributed by atoms with Gasteiger partial charge in [-0.05, 0) is 37.5 Å². The van der Waals surface area contributed by atoms with Crippen molar-refractivity contribution in [3.05, 3.63) is 33.8 Å². The first kappa shape index (κ1) is 22.2. The fourth-order valence-electron chi connectivity index (χ4n) is 2.95. The summed E-state index contributed by atoms with van der Waals surface area (Å²) in [5.41, 5.74) is 0.992. The van der Waals surface area contributed by atoms with E-state index in [9.17, 15) is 19.2 Å². The lowest BCUT2D eigenvalue weighted by Crippen LogP contribution is -2.40. The summed E-state index contributed by atoms with van der Waals surface area (Å²) in [5.74, 6) is -3.09. The maximum absolute atomic E-state index is 12.4. The van der Waals surface area contributed by atoms with Gasteiger partial charge in [0.1, 0.15) is 5.92 Å². The molecule has 1 aromatic carbocycles. The minimum Gasteiger partial charge on any atom is -0.355 e. The summed E-state index contributed by atoms with van der Waals surface area (Å²) in [6, 6.07) is 5.19. The Morgan fingerprint density at radius 2 is 1.96 bits per heavy atom. The van der Waals surface area contributed by atoms with Crippen molar-refractivity contribution in [3.8, 4) is 0 Å². The standard InChI is InChI=1S/C19H23Cl2N3O4/c1-11(3-4-13-5-6-15(20)16(21)9-13)23-18(27)14-10-24(19(28)17(14)26)8-7-22-12(2)25/h5-6,9,11,14H,3-4,7-8,10H2,1-2H3,(H,22,25)(H,23,27). The highest BCUT2D eigenvalue weighted by Crippen LogP contribution is 2.23. The van der Waals surface area contributed by atoms with E-state index in [1.165, 1.54) is 11.8 Å². The van der Waals surface area contributed by atoms with Gasteiger partial charge in [0, 0.05) is 32.6 Å². The summed E-state index contributed by atoms with van der Waals surface area (Å²) < 4.78 is 0. The van der Waals surface area contributed by atoms with E-state index >= 15 is 0 Å². The fourth-order valence-corrected chi connectivity index (χ4v) is 3.27. The number of likely N-dealkylation sites (tertiary alicyclic amines) is 1. The number of hydrogen-bond acceptors (Lipinski definition) is 4. The second-order valence-electron chi connectivity index (χ2n) is 6.85. The molecule has 7 nitrogen and oxygen atoms in total. The molecule has 1 aromatic rings. The topological polar surface area (TPSA) is 95.6 Å². The van der Waals surface area contributed by atoms with Gasteiger partial charge >= 0.3 is 0 Å². The Bertz CT molecular complexity index is 784. The summed E-state index contributed by atoms with van der Waals surface area (Å²) in [4.78, 5) is 48.8. The summed E-state index contributed by atoms with van der Waals surface area (Å²) in [6.45, 7) is 3.67. The third-order valence-electron chi connectivity index (χ3n) is 4.53. The number of rotatable bonds is 8. The molecular formula is C19H23Cl2N3O4. The number of benzene rings is 1. The van der Waals surface area contributed by atoms with Gasteiger partial charge in [0.2, 0.25) is 17.6 Å². The molecule has 0 radical (unpaired) electrons. The van der Waals surface area contributed by atoms with Crippen LogP contribution in [0.3, 0.4) is 0 Å². The van der Waals surface area contributed by atoms with Crippen LogP contribution in [0.5, 0.6) is 0 Å². The molecule has 28 heavy (non-hydrogen) atoms. The highest BCUT2D eigenvalue weighted by molar-refractivity contribution is 6.42. The molecule has 0 spiro atoms. The number of carbonyl (C=O) groups is 4. The van der Waals surface area contributed by atoms with Crippen molar-refractivity contribution < 1.29 is 19.2 Å². The third-order valence-corrected chi connectivity index (χ3v) is 5.27. The summed E-state index contributed by atoms with van der Waals surface area (Å²) in [7, 11) is 0. The highest BCUT2D eigenvalue weighted by atomic mass is 35.5. The van der Waals surface area contributed by atoms with Crippen LogP contribution in [0.4, 0.5) is 0 Å². The lowest BCUT2D eigenvalue weighted by Gasteiger charge is -2.18. The Balaban J connectivity index is 1.83. The molecular weight excluding hydrogens is 405 g/mol. The normalized spacial score (nSPS) is 17.6. The molecule has 1 heterocycles. The van der Waals surface area contributed by atoms with Gasteiger partial charge in [0.15, 0.2) is 0 Å². The Labute approximate surface area is 173 Å². The van der Waals surface area contributed by atoms with E-state index in [1.807, 2.05) is 13.0 Å². The molecule has 0 aromatic heterocycles. The number of carbonyl (C=O) groups excluding carboxylic acids is 4. The molecule has 0 aliphatic carbocycles. The Morgan fingerprint density at radius 3 is 2.61 bits per heavy atom. The average molecular weight is 428 g/mol. The second kappa shape index (κ2) is 9.89. The van der Waals surface area contributed by atoms with Crippen LogP contribution in [0, 0.1) is 5.92 Å². The van der Waals surface area contributed by atoms with Gasteiger partial charge in [0.25, 0.3) is 5.91 Å². The second-order valence-corrected chi connectivity index (χ2v) is 7.66. The monoisotopic (exact) mass is 427 g/mol. The molecule has 1 aliphatic heterocycles. The summed E-state index contributed by atoms with van der Waals surface area (Å²) >= 11 is 11.9. The van der Waals surface area contributed by atoms with Crippen molar-refractivity contribution in [3.63, 3.8) is 0 Å². The van der Waals surface area contributed by atoms with Crippen LogP contribution in [0.15, 0.2) is 18.2 Å². The molecule has 9 heteroatoms. The molecule has 0 bridgehead atoms. The van der Waals surface area contributed by atoms with Crippen LogP contribution in [-0.4, -0.2) is 54.1 Å². The van der Waals surface area contributed by atoms with Crippen molar-refractivity contribution in [2.24, 2.45) is 5.92 Å². The first-order valence-electron chi connectivity index (χ1n) is 9.01. The summed E-state index contributed by atoms with van der Waals surface area (Å²) in [6.07, 6.45) is 1.32. The number of halogens is 2. The van der Waals surface area contributed by atoms with E-state index in [-0.39, 0.29) is 31.6 Å². The number of Topliss-reactive ketones (excluding diaryl/α,β-unsaturated/α-hetero) is 1. The Hall–Kier alpha value is -2.12. The quantitative estimate of drug-likeness (QED) is 0.486. The Kier molecular flexibility index (Phi) is 7.83. The molecule has 3 amide bonds. The van der Waals surface area contributed by atoms with Gasteiger partial charge in [-0.25, -0.2) is 0 Å². The minimum atomic E-state index is -1.02. The number of nitrogens with zero attached hydrogens (tertiary/aromatic N) is 1. The molecule has 1 aliphatic rings. The zero-order chi connectivity index (χ0) is 20.8. The van der Waals surface area contributed by atoms with E-state index in [2.05, 4.69) is 10.6 Å². The lowest BCUT2D eigenvalue weighted by molar-refractivity contribution is -0.142. The molecule has 2 atom stereocenters. The maximum atomic E-state index is 12.4. The zero-order valence-electron chi connectivity index (χ0n) is 15.8. The van der Waals surface area contributed by atoms with Gasteiger partial charge in [0.05, 0.1) is 10.0 Å². The van der Waals surface area contributed by atoms with Gasteiger partial charge in [-0.1, -0.05) is 29.3 Å². The highest BCUT2D eigenvalue weighted by Gasteiger charge is 2.42. The predicted molar refractivity (Wildman–Crippen MR) is 106 cm³/mol. The minimum absolute atomic E-state index is 0.0304. The van der Waals surface area contributed by atoms with E-state index in [4.69, 9.17) is 23.2 Å². The first-order chi connectivity index (χ1) is 13.2. The molecule has 0 saturated carbocycles. The van der Waals surface area contributed by atoms with Crippen LogP contribution in [0.2, 0.25) is 10.0 Å². The maximum Gasteiger partial charge on any atom is 0.290 e. The smallest absolute Gasteiger partial charge is 0.290 e. The van der Waals surface area contributed by atoms with Crippen molar-refractivity contribution in [2.45, 2.75) is 32.7 Å². The van der Waals surface area contributed by atoms with Crippen LogP contribution in [0.1, 0.15) is 25.8 Å². The van der Waals surface area contributed by atoms with Crippen LogP contribution < -0.4 is 10.6 Å². The number of aryl methyl sites for hydroxylation is 1. The van der Waals surface area contributed by atoms with E-state index < -0.39 is 23.5 Å². The van der Waals surface area contributed by atoms with E-state index in [0.29, 0.717) is 22.9 Å². The van der Waals surface area contributed by atoms with Crippen molar-refractivity contribution in [2.75, 3.05) is 19.6 Å². The van der Waals surface area contributed by atoms with Crippen molar-refractivity contribution in [1.82, 2.24) is 15.5 Å². The zero-order valence-corrected chi connectivity index (χ0v) is 17.3. The molecule has 2 unspecified atom stereocenters. The van der Waals surface area contributed by atoms with Crippen LogP contribution in [-0.2, 0) is 25.6 Å². The SMILES string of the molecule is CC(=O)NCCN1CC(C(=O)NC(C)CCc2ccc(Cl)c(Cl)c2)C(=O)C1=O. The molecule has 152 valence electrons. The largest absolute Gasteiger partial charge is 0.355 e. The third kappa shape index (κ3) is 5.94. The average Bonchev–Trinajstić information content (AvgIpc) is 2.91. The van der Waals surface area contributed by atoms with Crippen LogP contribution >= 0.6 is 23.2 Å². The molecule has 1 fully saturated rings. The number of nitrogens with one attached hydrogen (secondary N) is 2. The molecule has 2 rings (SSSR count). The van der Waals surface area contributed by atoms with Gasteiger partial charge < -0.3 is 15.5 Å². The van der Waals surface area contributed by atoms with Gasteiger partial charge in [-0.2, -0.15) is 0 Å². The van der Waals surface area contributed by atoms with Crippen LogP contribution in [0.25, 0.3) is 0 Å². The number of hydrogen-bond donors (Lipinski definition) is 2. The lowest BCUT2D eigenvalue weighted by atomic mass is 10.0. The van der Waals surface area contributed by atoms with Crippen molar-refractivity contribution >= 4 is 46.7 Å². The van der Waals surface area contributed by atoms with Crippen molar-refractivity contribution in [1.29, 1.82) is 0 Å². The van der Waals surface area contributed by atoms with E-state index in [1.54, 1.807) is 12.1 Å². The summed E-state index contributed by atoms with van der Waals surface area (Å²) in [5, 5.41) is 6.32. The molecule has 2 N–H and O–H groups in total.